The highest BCUT2D eigenvalue weighted by molar-refractivity contribution is 5.95. The molecule has 0 bridgehead atoms. The van der Waals surface area contributed by atoms with Crippen LogP contribution in [0.4, 0.5) is 5.82 Å². The maximum absolute atomic E-state index is 13.1. The van der Waals surface area contributed by atoms with Crippen LogP contribution < -0.4 is 5.32 Å². The molecule has 1 aromatic carbocycles. The standard InChI is InChI=1S/C25H34N4O/c1-19(2)21-7-5-20(6-8-21)16-28-13-4-10-25(17-28)11-14-29(18-25)24(30)22-9-12-27-23(15-22)26-3/h5-9,12,15,19H,4,10-11,13-14,16-18H2,1-3H3,(H,26,27)/t25-/m0/s1. The average Bonchev–Trinajstić information content (AvgIpc) is 3.16. The van der Waals surface area contributed by atoms with E-state index >= 15 is 0 Å². The van der Waals surface area contributed by atoms with Crippen molar-refractivity contribution in [3.63, 3.8) is 0 Å². The zero-order valence-electron chi connectivity index (χ0n) is 18.5. The summed E-state index contributed by atoms with van der Waals surface area (Å²) in [6.45, 7) is 9.44. The van der Waals surface area contributed by atoms with E-state index in [2.05, 4.69) is 58.2 Å². The molecule has 5 heteroatoms. The van der Waals surface area contributed by atoms with Crippen molar-refractivity contribution in [3.05, 3.63) is 59.3 Å². The van der Waals surface area contributed by atoms with E-state index in [4.69, 9.17) is 0 Å². The van der Waals surface area contributed by atoms with Crippen LogP contribution in [-0.2, 0) is 6.54 Å². The SMILES string of the molecule is CNc1cc(C(=O)N2CC[C@]3(CCCN(Cc4ccc(C(C)C)cc4)C3)C2)ccn1. The molecule has 160 valence electrons. The van der Waals surface area contributed by atoms with Gasteiger partial charge in [-0.05, 0) is 55.0 Å². The molecule has 2 fully saturated rings. The minimum Gasteiger partial charge on any atom is -0.373 e. The molecular weight excluding hydrogens is 372 g/mol. The lowest BCUT2D eigenvalue weighted by molar-refractivity contribution is 0.0675. The van der Waals surface area contributed by atoms with Crippen molar-refractivity contribution in [1.29, 1.82) is 0 Å². The maximum atomic E-state index is 13.1. The van der Waals surface area contributed by atoms with Crippen LogP contribution in [0.5, 0.6) is 0 Å². The van der Waals surface area contributed by atoms with Gasteiger partial charge in [-0.2, -0.15) is 0 Å². The molecule has 5 nitrogen and oxygen atoms in total. The monoisotopic (exact) mass is 406 g/mol. The molecule has 30 heavy (non-hydrogen) atoms. The highest BCUT2D eigenvalue weighted by Gasteiger charge is 2.42. The number of piperidine rings is 1. The fourth-order valence-electron chi connectivity index (χ4n) is 5.04. The molecule has 1 aromatic heterocycles. The Labute approximate surface area is 180 Å². The Bertz CT molecular complexity index is 879. The summed E-state index contributed by atoms with van der Waals surface area (Å²) in [5, 5.41) is 3.02. The number of hydrogen-bond donors (Lipinski definition) is 1. The van der Waals surface area contributed by atoms with Gasteiger partial charge < -0.3 is 10.2 Å². The number of benzene rings is 1. The second-order valence-corrected chi connectivity index (χ2v) is 9.37. The molecule has 0 radical (unpaired) electrons. The van der Waals surface area contributed by atoms with Crippen LogP contribution in [-0.4, -0.2) is 53.9 Å². The molecule has 1 atom stereocenters. The predicted octanol–water partition coefficient (Wildman–Crippen LogP) is 4.38. The molecule has 0 unspecified atom stereocenters. The summed E-state index contributed by atoms with van der Waals surface area (Å²) in [4.78, 5) is 21.9. The minimum absolute atomic E-state index is 0.132. The Hall–Kier alpha value is -2.40. The molecule has 2 saturated heterocycles. The van der Waals surface area contributed by atoms with Crippen molar-refractivity contribution in [2.24, 2.45) is 5.41 Å². The van der Waals surface area contributed by atoms with Crippen LogP contribution in [0.15, 0.2) is 42.6 Å². The first-order valence-electron chi connectivity index (χ1n) is 11.2. The molecule has 2 aliphatic rings. The topological polar surface area (TPSA) is 48.5 Å². The van der Waals surface area contributed by atoms with E-state index in [0.29, 0.717) is 5.92 Å². The van der Waals surface area contributed by atoms with Gasteiger partial charge in [-0.1, -0.05) is 38.1 Å². The van der Waals surface area contributed by atoms with Crippen molar-refractivity contribution < 1.29 is 4.79 Å². The van der Waals surface area contributed by atoms with E-state index in [9.17, 15) is 4.79 Å². The van der Waals surface area contributed by atoms with Gasteiger partial charge in [-0.15, -0.1) is 0 Å². The molecule has 1 spiro atoms. The Morgan fingerprint density at radius 3 is 2.67 bits per heavy atom. The fraction of sp³-hybridized carbons (Fsp3) is 0.520. The number of hydrogen-bond acceptors (Lipinski definition) is 4. The van der Waals surface area contributed by atoms with Gasteiger partial charge in [0.25, 0.3) is 5.91 Å². The molecule has 4 rings (SSSR count). The first-order valence-corrected chi connectivity index (χ1v) is 11.2. The van der Waals surface area contributed by atoms with E-state index in [-0.39, 0.29) is 11.3 Å². The smallest absolute Gasteiger partial charge is 0.254 e. The highest BCUT2D eigenvalue weighted by atomic mass is 16.2. The third kappa shape index (κ3) is 4.51. The summed E-state index contributed by atoms with van der Waals surface area (Å²) >= 11 is 0. The largest absolute Gasteiger partial charge is 0.373 e. The number of rotatable bonds is 5. The summed E-state index contributed by atoms with van der Waals surface area (Å²) in [5.41, 5.74) is 3.75. The van der Waals surface area contributed by atoms with Gasteiger partial charge in [0.1, 0.15) is 5.82 Å². The second-order valence-electron chi connectivity index (χ2n) is 9.37. The molecule has 2 aliphatic heterocycles. The first-order chi connectivity index (χ1) is 14.5. The number of nitrogens with zero attached hydrogens (tertiary/aromatic N) is 3. The number of likely N-dealkylation sites (tertiary alicyclic amines) is 2. The molecule has 2 aromatic rings. The number of amides is 1. The van der Waals surface area contributed by atoms with E-state index in [1.807, 2.05) is 19.2 Å². The predicted molar refractivity (Wildman–Crippen MR) is 122 cm³/mol. The highest BCUT2D eigenvalue weighted by Crippen LogP contribution is 2.40. The number of anilines is 1. The molecule has 0 aliphatic carbocycles. The van der Waals surface area contributed by atoms with Gasteiger partial charge in [-0.25, -0.2) is 4.98 Å². The number of carbonyl (C=O) groups is 1. The van der Waals surface area contributed by atoms with Gasteiger partial charge in [0.05, 0.1) is 0 Å². The van der Waals surface area contributed by atoms with Gasteiger partial charge in [0.15, 0.2) is 0 Å². The molecule has 0 saturated carbocycles. The van der Waals surface area contributed by atoms with Crippen molar-refractivity contribution in [3.8, 4) is 0 Å². The van der Waals surface area contributed by atoms with Crippen molar-refractivity contribution in [2.45, 2.75) is 45.6 Å². The molecular formula is C25H34N4O. The fourth-order valence-corrected chi connectivity index (χ4v) is 5.04. The molecule has 1 N–H and O–H groups in total. The third-order valence-corrected chi connectivity index (χ3v) is 6.78. The van der Waals surface area contributed by atoms with Gasteiger partial charge in [0.2, 0.25) is 0 Å². The van der Waals surface area contributed by atoms with Crippen LogP contribution in [0.3, 0.4) is 0 Å². The lowest BCUT2D eigenvalue weighted by atomic mass is 9.79. The Morgan fingerprint density at radius 1 is 1.13 bits per heavy atom. The zero-order chi connectivity index (χ0) is 21.1. The third-order valence-electron chi connectivity index (χ3n) is 6.78. The lowest BCUT2D eigenvalue weighted by Gasteiger charge is -2.40. The van der Waals surface area contributed by atoms with Crippen LogP contribution in [0, 0.1) is 5.41 Å². The molecule has 1 amide bonds. The summed E-state index contributed by atoms with van der Waals surface area (Å²) in [5.74, 6) is 1.44. The number of pyridine rings is 1. The molecule has 3 heterocycles. The van der Waals surface area contributed by atoms with Crippen LogP contribution in [0.25, 0.3) is 0 Å². The van der Waals surface area contributed by atoms with Gasteiger partial charge >= 0.3 is 0 Å². The van der Waals surface area contributed by atoms with Crippen LogP contribution in [0.1, 0.15) is 60.5 Å². The summed E-state index contributed by atoms with van der Waals surface area (Å²) in [6, 6.07) is 12.8. The number of aromatic nitrogens is 1. The van der Waals surface area contributed by atoms with E-state index in [0.717, 1.165) is 50.5 Å². The van der Waals surface area contributed by atoms with Gasteiger partial charge in [0, 0.05) is 50.4 Å². The second kappa shape index (κ2) is 8.76. The van der Waals surface area contributed by atoms with Crippen LogP contribution in [0.2, 0.25) is 0 Å². The van der Waals surface area contributed by atoms with E-state index in [1.54, 1.807) is 6.20 Å². The zero-order valence-corrected chi connectivity index (χ0v) is 18.5. The summed E-state index contributed by atoms with van der Waals surface area (Å²) in [6.07, 6.45) is 5.24. The number of carbonyl (C=O) groups excluding carboxylic acids is 1. The van der Waals surface area contributed by atoms with Crippen LogP contribution >= 0.6 is 0 Å². The summed E-state index contributed by atoms with van der Waals surface area (Å²) < 4.78 is 0. The Morgan fingerprint density at radius 2 is 1.93 bits per heavy atom. The van der Waals surface area contributed by atoms with Gasteiger partial charge in [-0.3, -0.25) is 9.69 Å². The van der Waals surface area contributed by atoms with Crippen molar-refractivity contribution in [1.82, 2.24) is 14.8 Å². The normalized spacial score (nSPS) is 22.1. The van der Waals surface area contributed by atoms with E-state index in [1.165, 1.54) is 24.0 Å². The summed E-state index contributed by atoms with van der Waals surface area (Å²) in [7, 11) is 1.83. The van der Waals surface area contributed by atoms with E-state index < -0.39 is 0 Å². The van der Waals surface area contributed by atoms with Crippen molar-refractivity contribution in [2.75, 3.05) is 38.5 Å². The first kappa shape index (κ1) is 20.9. The maximum Gasteiger partial charge on any atom is 0.254 e. The average molecular weight is 407 g/mol. The Kier molecular flexibility index (Phi) is 6.09. The minimum atomic E-state index is 0.132. The number of nitrogens with one attached hydrogen (secondary N) is 1. The quantitative estimate of drug-likeness (QED) is 0.801. The lowest BCUT2D eigenvalue weighted by Crippen LogP contribution is -2.45. The van der Waals surface area contributed by atoms with Crippen molar-refractivity contribution >= 4 is 11.7 Å². The Balaban J connectivity index is 1.39.